The molecular formula is C22H31NO. The number of aliphatic hydroxyl groups is 1. The molecule has 0 spiro atoms. The van der Waals surface area contributed by atoms with Gasteiger partial charge in [0.15, 0.2) is 0 Å². The first-order valence-electron chi connectivity index (χ1n) is 10.0. The van der Waals surface area contributed by atoms with Crippen molar-refractivity contribution in [3.8, 4) is 0 Å². The van der Waals surface area contributed by atoms with Crippen LogP contribution in [0.1, 0.15) is 50.5 Å². The zero-order valence-corrected chi connectivity index (χ0v) is 15.0. The molecule has 1 aromatic rings. The van der Waals surface area contributed by atoms with Crippen molar-refractivity contribution in [1.82, 2.24) is 4.90 Å². The summed E-state index contributed by atoms with van der Waals surface area (Å²) >= 11 is 0. The second-order valence-electron chi connectivity index (χ2n) is 9.60. The first-order valence-corrected chi connectivity index (χ1v) is 10.0. The van der Waals surface area contributed by atoms with E-state index in [1.165, 1.54) is 50.6 Å². The third-order valence-electron chi connectivity index (χ3n) is 8.17. The molecule has 0 unspecified atom stereocenters. The topological polar surface area (TPSA) is 23.5 Å². The van der Waals surface area contributed by atoms with Crippen molar-refractivity contribution < 1.29 is 5.11 Å². The summed E-state index contributed by atoms with van der Waals surface area (Å²) in [4.78, 5) is 2.74. The Hall–Kier alpha value is -0.860. The highest BCUT2D eigenvalue weighted by atomic mass is 16.3. The monoisotopic (exact) mass is 324 g/mol. The summed E-state index contributed by atoms with van der Waals surface area (Å²) < 4.78 is 0. The van der Waals surface area contributed by atoms with E-state index in [0.717, 1.165) is 24.2 Å². The minimum Gasteiger partial charge on any atom is -0.395 e. The lowest BCUT2D eigenvalue weighted by Crippen LogP contribution is -2.59. The second kappa shape index (κ2) is 5.32. The molecule has 2 nitrogen and oxygen atoms in total. The van der Waals surface area contributed by atoms with E-state index in [9.17, 15) is 5.11 Å². The molecule has 5 aliphatic carbocycles. The van der Waals surface area contributed by atoms with Crippen LogP contribution in [0.2, 0.25) is 0 Å². The van der Waals surface area contributed by atoms with Gasteiger partial charge < -0.3 is 10.0 Å². The van der Waals surface area contributed by atoms with E-state index in [0.29, 0.717) is 18.1 Å². The zero-order chi connectivity index (χ0) is 16.4. The van der Waals surface area contributed by atoms with Gasteiger partial charge in [-0.2, -0.15) is 0 Å². The molecule has 0 radical (unpaired) electrons. The predicted octanol–water partition coefficient (Wildman–Crippen LogP) is 3.84. The van der Waals surface area contributed by atoms with Crippen molar-refractivity contribution in [2.45, 2.75) is 55.9 Å². The van der Waals surface area contributed by atoms with Crippen molar-refractivity contribution >= 4 is 0 Å². The Kier molecular flexibility index (Phi) is 3.41. The highest BCUT2D eigenvalue weighted by Crippen LogP contribution is 2.59. The molecule has 0 heterocycles. The Bertz CT molecular complexity index is 576. The number of hydrogen-bond donors (Lipinski definition) is 1. The Morgan fingerprint density at radius 1 is 0.958 bits per heavy atom. The third-order valence-corrected chi connectivity index (χ3v) is 8.17. The van der Waals surface area contributed by atoms with E-state index in [4.69, 9.17) is 0 Å². The molecule has 5 fully saturated rings. The Morgan fingerprint density at radius 2 is 1.54 bits per heavy atom. The van der Waals surface area contributed by atoms with Gasteiger partial charge in [0, 0.05) is 17.5 Å². The highest BCUT2D eigenvalue weighted by Gasteiger charge is 2.58. The van der Waals surface area contributed by atoms with Crippen LogP contribution in [0.25, 0.3) is 0 Å². The number of rotatable bonds is 5. The van der Waals surface area contributed by atoms with Crippen LogP contribution in [-0.4, -0.2) is 35.7 Å². The lowest BCUT2D eigenvalue weighted by Gasteiger charge is -2.60. The van der Waals surface area contributed by atoms with Crippen LogP contribution in [-0.2, 0) is 5.41 Å². The quantitative estimate of drug-likeness (QED) is 0.889. The highest BCUT2D eigenvalue weighted by molar-refractivity contribution is 5.34. The van der Waals surface area contributed by atoms with Gasteiger partial charge in [-0.05, 0) is 81.2 Å². The lowest BCUT2D eigenvalue weighted by atomic mass is 9.52. The van der Waals surface area contributed by atoms with Crippen LogP contribution in [0.15, 0.2) is 30.3 Å². The minimum atomic E-state index is 0.0395. The molecule has 4 bridgehead atoms. The summed E-state index contributed by atoms with van der Waals surface area (Å²) in [6, 6.07) is 10.7. The number of aliphatic hydroxyl groups excluding tert-OH is 1. The van der Waals surface area contributed by atoms with Crippen LogP contribution >= 0.6 is 0 Å². The molecule has 5 aliphatic rings. The van der Waals surface area contributed by atoms with Crippen LogP contribution in [0, 0.1) is 23.7 Å². The Labute approximate surface area is 146 Å². The van der Waals surface area contributed by atoms with Crippen LogP contribution in [0.5, 0.6) is 0 Å². The van der Waals surface area contributed by atoms with Crippen molar-refractivity contribution in [2.24, 2.45) is 23.7 Å². The van der Waals surface area contributed by atoms with E-state index in [-0.39, 0.29) is 5.41 Å². The van der Waals surface area contributed by atoms with E-state index in [1.807, 2.05) is 0 Å². The summed E-state index contributed by atoms with van der Waals surface area (Å²) in [5.41, 5.74) is 1.88. The molecule has 0 aromatic heterocycles. The van der Waals surface area contributed by atoms with Gasteiger partial charge in [0.1, 0.15) is 0 Å². The van der Waals surface area contributed by atoms with Crippen LogP contribution < -0.4 is 0 Å². The molecule has 2 heteroatoms. The largest absolute Gasteiger partial charge is 0.395 e. The van der Waals surface area contributed by atoms with Crippen molar-refractivity contribution in [3.05, 3.63) is 35.9 Å². The summed E-state index contributed by atoms with van der Waals surface area (Å²) in [5.74, 6) is 3.65. The summed E-state index contributed by atoms with van der Waals surface area (Å²) in [7, 11) is 2.39. The molecular weight excluding hydrogens is 293 g/mol. The molecule has 1 aromatic carbocycles. The number of benzene rings is 1. The molecule has 2 atom stereocenters. The Morgan fingerprint density at radius 3 is 2.08 bits per heavy atom. The minimum absolute atomic E-state index is 0.0395. The van der Waals surface area contributed by atoms with Gasteiger partial charge in [0.05, 0.1) is 6.61 Å². The normalized spacial score (nSPS) is 45.8. The summed E-state index contributed by atoms with van der Waals surface area (Å²) in [6.45, 7) is 1.47. The van der Waals surface area contributed by atoms with Gasteiger partial charge in [-0.15, -0.1) is 0 Å². The Balaban J connectivity index is 1.32. The number of hydrogen-bond acceptors (Lipinski definition) is 2. The second-order valence-corrected chi connectivity index (χ2v) is 9.60. The van der Waals surface area contributed by atoms with E-state index < -0.39 is 0 Å². The molecule has 6 rings (SSSR count). The smallest absolute Gasteiger partial charge is 0.0531 e. The first kappa shape index (κ1) is 15.4. The fourth-order valence-electron chi connectivity index (χ4n) is 7.09. The summed E-state index contributed by atoms with van der Waals surface area (Å²) in [6.07, 6.45) is 10.0. The van der Waals surface area contributed by atoms with E-state index in [2.05, 4.69) is 42.3 Å². The molecule has 130 valence electrons. The molecule has 5 saturated carbocycles. The maximum absolute atomic E-state index is 10.1. The average molecular weight is 324 g/mol. The van der Waals surface area contributed by atoms with E-state index in [1.54, 1.807) is 0 Å². The van der Waals surface area contributed by atoms with Gasteiger partial charge in [-0.25, -0.2) is 0 Å². The van der Waals surface area contributed by atoms with Crippen LogP contribution in [0.4, 0.5) is 0 Å². The van der Waals surface area contributed by atoms with Gasteiger partial charge >= 0.3 is 0 Å². The van der Waals surface area contributed by atoms with Crippen molar-refractivity contribution in [1.29, 1.82) is 0 Å². The van der Waals surface area contributed by atoms with Gasteiger partial charge in [-0.3, -0.25) is 0 Å². The van der Waals surface area contributed by atoms with Crippen molar-refractivity contribution in [3.63, 3.8) is 0 Å². The predicted molar refractivity (Wildman–Crippen MR) is 96.8 cm³/mol. The molecule has 1 N–H and O–H groups in total. The van der Waals surface area contributed by atoms with E-state index >= 15 is 0 Å². The van der Waals surface area contributed by atoms with Gasteiger partial charge in [0.25, 0.3) is 0 Å². The first-order chi connectivity index (χ1) is 11.6. The fraction of sp³-hybridized carbons (Fsp3) is 0.727. The zero-order valence-electron chi connectivity index (χ0n) is 15.0. The number of nitrogens with zero attached hydrogens (tertiary/aromatic N) is 1. The SMILES string of the molecule is [11CH3]N(C[C@H]1C[C@]1(CO)c1ccccc1)C12CC3CC(CC(C3)C1)C2. The lowest BCUT2D eigenvalue weighted by molar-refractivity contribution is -0.0810. The molecule has 24 heavy (non-hydrogen) atoms. The van der Waals surface area contributed by atoms with Gasteiger partial charge in [-0.1, -0.05) is 30.3 Å². The molecule has 0 saturated heterocycles. The fourth-order valence-corrected chi connectivity index (χ4v) is 7.09. The molecule has 0 aliphatic heterocycles. The van der Waals surface area contributed by atoms with Crippen molar-refractivity contribution in [2.75, 3.05) is 20.2 Å². The molecule has 0 amide bonds. The van der Waals surface area contributed by atoms with Gasteiger partial charge in [0.2, 0.25) is 0 Å². The maximum atomic E-state index is 10.1. The third kappa shape index (κ3) is 2.22. The average Bonchev–Trinajstić information content (AvgIpc) is 3.29. The summed E-state index contributed by atoms with van der Waals surface area (Å²) in [5, 5.41) is 10.1. The maximum Gasteiger partial charge on any atom is 0.0531 e. The van der Waals surface area contributed by atoms with Crippen LogP contribution in [0.3, 0.4) is 0 Å². The standard InChI is InChI=1S/C22H31NO/c1-23(21-10-16-7-17(11-21)9-18(8-16)12-21)14-20-13-22(20,15-24)19-5-3-2-4-6-19/h2-6,16-18,20,24H,7-15H2,1H3/t16?,17?,18?,20-,21?,22+/m1/s1/i1-1.